The second-order valence-corrected chi connectivity index (χ2v) is 8.81. The molecular weight excluding hydrogens is 481 g/mol. The molecular formula is C23H18INO4. The lowest BCUT2D eigenvalue weighted by Gasteiger charge is -2.08. The van der Waals surface area contributed by atoms with Crippen LogP contribution < -0.4 is 37.3 Å². The molecule has 0 aliphatic carbocycles. The summed E-state index contributed by atoms with van der Waals surface area (Å²) in [6.45, 7) is 0.972. The summed E-state index contributed by atoms with van der Waals surface area (Å²) in [6, 6.07) is 27.7. The third-order valence-corrected chi connectivity index (χ3v) is 6.60. The predicted molar refractivity (Wildman–Crippen MR) is 107 cm³/mol. The zero-order chi connectivity index (χ0) is 20.6. The van der Waals surface area contributed by atoms with Crippen molar-refractivity contribution in [2.24, 2.45) is 0 Å². The number of hydrogen-bond acceptors (Lipinski definition) is 5. The molecule has 0 fully saturated rings. The molecule has 0 aliphatic rings. The SMILES string of the molecule is CC(=O)[O-].O=c1oc2ccccc2c(Nc2ccccc2)c1[I+]c1ccccc1. The largest absolute Gasteiger partial charge is 0.550 e. The van der Waals surface area contributed by atoms with Crippen molar-refractivity contribution in [3.63, 3.8) is 0 Å². The minimum Gasteiger partial charge on any atom is -0.550 e. The van der Waals surface area contributed by atoms with Crippen molar-refractivity contribution < 1.29 is 35.5 Å². The first kappa shape index (κ1) is 20.6. The summed E-state index contributed by atoms with van der Waals surface area (Å²) in [4.78, 5) is 21.6. The topological polar surface area (TPSA) is 82.4 Å². The Hall–Kier alpha value is -3.13. The molecule has 0 bridgehead atoms. The van der Waals surface area contributed by atoms with E-state index in [2.05, 4.69) is 17.4 Å². The maximum Gasteiger partial charge on any atom is 0.393 e. The molecule has 146 valence electrons. The van der Waals surface area contributed by atoms with Crippen molar-refractivity contribution in [2.75, 3.05) is 5.32 Å². The van der Waals surface area contributed by atoms with E-state index in [4.69, 9.17) is 14.3 Å². The molecule has 0 radical (unpaired) electrons. The van der Waals surface area contributed by atoms with Gasteiger partial charge in [0.2, 0.25) is 0 Å². The van der Waals surface area contributed by atoms with Crippen LogP contribution in [0.3, 0.4) is 0 Å². The Morgan fingerprint density at radius 3 is 2.10 bits per heavy atom. The van der Waals surface area contributed by atoms with Crippen LogP contribution in [0.15, 0.2) is 94.1 Å². The second-order valence-electron chi connectivity index (χ2n) is 5.95. The van der Waals surface area contributed by atoms with Crippen molar-refractivity contribution in [2.45, 2.75) is 6.92 Å². The van der Waals surface area contributed by atoms with E-state index >= 15 is 0 Å². The smallest absolute Gasteiger partial charge is 0.393 e. The van der Waals surface area contributed by atoms with Crippen molar-refractivity contribution in [1.82, 2.24) is 0 Å². The van der Waals surface area contributed by atoms with Gasteiger partial charge in [-0.3, -0.25) is 0 Å². The van der Waals surface area contributed by atoms with Crippen LogP contribution in [0.5, 0.6) is 0 Å². The molecule has 0 atom stereocenters. The third-order valence-electron chi connectivity index (χ3n) is 3.74. The molecule has 1 heterocycles. The Morgan fingerprint density at radius 2 is 1.45 bits per heavy atom. The van der Waals surface area contributed by atoms with Gasteiger partial charge >= 0.3 is 30.4 Å². The van der Waals surface area contributed by atoms with Gasteiger partial charge in [0, 0.05) is 17.0 Å². The van der Waals surface area contributed by atoms with Crippen LogP contribution >= 0.6 is 0 Å². The van der Waals surface area contributed by atoms with Crippen LogP contribution in [0.1, 0.15) is 6.92 Å². The normalized spacial score (nSPS) is 10.1. The Bertz CT molecular complexity index is 1150. The lowest BCUT2D eigenvalue weighted by molar-refractivity contribution is -0.598. The standard InChI is InChI=1S/C21H14INO2.C2H4O2/c24-21-19(22-15-9-3-1-4-10-15)20(23-16-11-5-2-6-12-16)17-13-7-8-14-18(17)25-21;1-2(3)4/h1-14H;1H3,(H,3,4). The summed E-state index contributed by atoms with van der Waals surface area (Å²) in [7, 11) is 0. The van der Waals surface area contributed by atoms with E-state index in [-0.39, 0.29) is 5.63 Å². The number of carbonyl (C=O) groups excluding carboxylic acids is 1. The molecule has 1 N–H and O–H groups in total. The van der Waals surface area contributed by atoms with Gasteiger partial charge in [0.05, 0.1) is 0 Å². The zero-order valence-electron chi connectivity index (χ0n) is 15.6. The second kappa shape index (κ2) is 9.88. The van der Waals surface area contributed by atoms with Gasteiger partial charge in [-0.15, -0.1) is 0 Å². The maximum atomic E-state index is 12.7. The summed E-state index contributed by atoms with van der Waals surface area (Å²) >= 11 is -0.657. The molecule has 1 aromatic heterocycles. The molecule has 29 heavy (non-hydrogen) atoms. The quantitative estimate of drug-likeness (QED) is 0.325. The molecule has 4 aromatic rings. The minimum atomic E-state index is -1.08. The van der Waals surface area contributed by atoms with Crippen LogP contribution in [-0.2, 0) is 4.79 Å². The summed E-state index contributed by atoms with van der Waals surface area (Å²) in [5, 5.41) is 13.3. The highest BCUT2D eigenvalue weighted by Gasteiger charge is 2.28. The summed E-state index contributed by atoms with van der Waals surface area (Å²) in [6.07, 6.45) is 0. The Kier molecular flexibility index (Phi) is 7.02. The number of hydrogen-bond donors (Lipinski definition) is 1. The van der Waals surface area contributed by atoms with Gasteiger partial charge in [0.15, 0.2) is 3.57 Å². The van der Waals surface area contributed by atoms with Crippen molar-refractivity contribution in [1.29, 1.82) is 0 Å². The van der Waals surface area contributed by atoms with Gasteiger partial charge in [-0.05, 0) is 43.3 Å². The lowest BCUT2D eigenvalue weighted by Crippen LogP contribution is -3.62. The number of benzene rings is 3. The van der Waals surface area contributed by atoms with Crippen LogP contribution in [-0.4, -0.2) is 5.97 Å². The molecule has 0 spiro atoms. The molecule has 0 aliphatic heterocycles. The van der Waals surface area contributed by atoms with E-state index in [0.29, 0.717) is 5.58 Å². The number of rotatable bonds is 4. The molecule has 5 nitrogen and oxygen atoms in total. The average molecular weight is 499 g/mol. The lowest BCUT2D eigenvalue weighted by atomic mass is 10.2. The Morgan fingerprint density at radius 1 is 0.897 bits per heavy atom. The molecule has 3 aromatic carbocycles. The summed E-state index contributed by atoms with van der Waals surface area (Å²) in [5.74, 6) is -1.08. The minimum absolute atomic E-state index is 0.256. The zero-order valence-corrected chi connectivity index (χ0v) is 17.8. The molecule has 6 heteroatoms. The van der Waals surface area contributed by atoms with Gasteiger partial charge in [-0.2, -0.15) is 0 Å². The molecule has 0 amide bonds. The fourth-order valence-corrected chi connectivity index (χ4v) is 5.01. The van der Waals surface area contributed by atoms with Gasteiger partial charge in [0.25, 0.3) is 0 Å². The number of fused-ring (bicyclic) bond motifs is 1. The monoisotopic (exact) mass is 499 g/mol. The van der Waals surface area contributed by atoms with Gasteiger partial charge < -0.3 is 19.6 Å². The van der Waals surface area contributed by atoms with Crippen LogP contribution in [0.2, 0.25) is 0 Å². The maximum absolute atomic E-state index is 12.7. The molecule has 4 rings (SSSR count). The number of halogens is 1. The fraction of sp³-hybridized carbons (Fsp3) is 0.0435. The highest BCUT2D eigenvalue weighted by Crippen LogP contribution is 2.24. The van der Waals surface area contributed by atoms with Crippen LogP contribution in [0, 0.1) is 7.14 Å². The van der Waals surface area contributed by atoms with Crippen molar-refractivity contribution >= 4 is 28.3 Å². The third kappa shape index (κ3) is 5.68. The number of carboxylic acids is 1. The van der Waals surface area contributed by atoms with E-state index in [0.717, 1.165) is 27.3 Å². The molecule has 0 saturated carbocycles. The predicted octanol–water partition coefficient (Wildman–Crippen LogP) is 0.421. The number of carbonyl (C=O) groups is 1. The number of anilines is 2. The van der Waals surface area contributed by atoms with Gasteiger partial charge in [-0.1, -0.05) is 48.5 Å². The van der Waals surface area contributed by atoms with E-state index in [1.165, 1.54) is 3.57 Å². The van der Waals surface area contributed by atoms with Gasteiger partial charge in [-0.25, -0.2) is 4.79 Å². The molecule has 0 unspecified atom stereocenters. The summed E-state index contributed by atoms with van der Waals surface area (Å²) < 4.78 is 7.50. The van der Waals surface area contributed by atoms with Gasteiger partial charge in [0.1, 0.15) is 11.3 Å². The number of carboxylic acid groups (broad SMARTS) is 1. The van der Waals surface area contributed by atoms with E-state index in [9.17, 15) is 4.79 Å². The van der Waals surface area contributed by atoms with Crippen LogP contribution in [0.4, 0.5) is 11.4 Å². The first-order valence-electron chi connectivity index (χ1n) is 8.80. The number of nitrogens with one attached hydrogen (secondary N) is 1. The number of aliphatic carboxylic acids is 1. The first-order valence-corrected chi connectivity index (χ1v) is 11.0. The Labute approximate surface area is 178 Å². The Balaban J connectivity index is 0.000000552. The first-order chi connectivity index (χ1) is 14.0. The van der Waals surface area contributed by atoms with Crippen molar-refractivity contribution in [3.8, 4) is 0 Å². The van der Waals surface area contributed by atoms with E-state index in [1.807, 2.05) is 72.8 Å². The van der Waals surface area contributed by atoms with Crippen molar-refractivity contribution in [3.05, 3.63) is 102 Å². The number of para-hydroxylation sites is 2. The highest BCUT2D eigenvalue weighted by atomic mass is 127. The van der Waals surface area contributed by atoms with E-state index < -0.39 is 27.2 Å². The molecule has 0 saturated heterocycles. The fourth-order valence-electron chi connectivity index (χ4n) is 2.59. The summed E-state index contributed by atoms with van der Waals surface area (Å²) in [5.41, 5.74) is 2.16. The average Bonchev–Trinajstić information content (AvgIpc) is 2.72. The van der Waals surface area contributed by atoms with Crippen LogP contribution in [0.25, 0.3) is 11.0 Å². The highest BCUT2D eigenvalue weighted by molar-refractivity contribution is 5.91. The van der Waals surface area contributed by atoms with E-state index in [1.54, 1.807) is 0 Å².